The third-order valence-corrected chi connectivity index (χ3v) is 2.82. The minimum atomic E-state index is 0.136. The molecule has 5 heteroatoms. The Morgan fingerprint density at radius 1 is 1.35 bits per heavy atom. The molecule has 0 bridgehead atoms. The molecular weight excluding hydrogens is 216 g/mol. The zero-order valence-corrected chi connectivity index (χ0v) is 10.6. The molecule has 1 aromatic heterocycles. The predicted molar refractivity (Wildman–Crippen MR) is 65.8 cm³/mol. The van der Waals surface area contributed by atoms with Crippen LogP contribution in [0.2, 0.25) is 0 Å². The number of aryl methyl sites for hydroxylation is 1. The van der Waals surface area contributed by atoms with Crippen molar-refractivity contribution in [3.8, 4) is 6.07 Å². The van der Waals surface area contributed by atoms with Gasteiger partial charge in [0.25, 0.3) is 0 Å². The van der Waals surface area contributed by atoms with Gasteiger partial charge >= 0.3 is 0 Å². The third kappa shape index (κ3) is 2.92. The van der Waals surface area contributed by atoms with E-state index >= 15 is 0 Å². The van der Waals surface area contributed by atoms with E-state index in [1.165, 1.54) is 0 Å². The molecule has 0 aliphatic carbocycles. The number of rotatable bonds is 5. The molecule has 92 valence electrons. The molecule has 0 unspecified atom stereocenters. The van der Waals surface area contributed by atoms with Gasteiger partial charge in [0.2, 0.25) is 0 Å². The summed E-state index contributed by atoms with van der Waals surface area (Å²) in [7, 11) is 0. The quantitative estimate of drug-likeness (QED) is 0.828. The van der Waals surface area contributed by atoms with Gasteiger partial charge in [-0.2, -0.15) is 10.4 Å². The van der Waals surface area contributed by atoms with Crippen molar-refractivity contribution in [2.45, 2.75) is 27.2 Å². The number of aliphatic hydroxyl groups is 1. The Kier molecular flexibility index (Phi) is 4.85. The molecule has 5 nitrogen and oxygen atoms in total. The highest BCUT2D eigenvalue weighted by molar-refractivity contribution is 5.57. The number of hydrogen-bond acceptors (Lipinski definition) is 5. The van der Waals surface area contributed by atoms with Crippen LogP contribution in [-0.2, 0) is 0 Å². The zero-order valence-electron chi connectivity index (χ0n) is 10.6. The Morgan fingerprint density at radius 2 is 2.06 bits per heavy atom. The van der Waals surface area contributed by atoms with Crippen molar-refractivity contribution in [3.63, 3.8) is 0 Å². The largest absolute Gasteiger partial charge is 0.396 e. The molecule has 0 spiro atoms. The van der Waals surface area contributed by atoms with Gasteiger partial charge in [0.15, 0.2) is 5.82 Å². The Labute approximate surface area is 102 Å². The Hall–Kier alpha value is -1.67. The van der Waals surface area contributed by atoms with Crippen LogP contribution in [0.5, 0.6) is 0 Å². The van der Waals surface area contributed by atoms with Crippen molar-refractivity contribution in [3.05, 3.63) is 16.8 Å². The molecule has 0 saturated carbocycles. The summed E-state index contributed by atoms with van der Waals surface area (Å²) >= 11 is 0. The van der Waals surface area contributed by atoms with Crippen LogP contribution >= 0.6 is 0 Å². The summed E-state index contributed by atoms with van der Waals surface area (Å²) in [4.78, 5) is 1.97. The minimum Gasteiger partial charge on any atom is -0.396 e. The van der Waals surface area contributed by atoms with Gasteiger partial charge < -0.3 is 10.0 Å². The Bertz CT molecular complexity index is 425. The normalized spacial score (nSPS) is 10.1. The summed E-state index contributed by atoms with van der Waals surface area (Å²) in [6.07, 6.45) is 0.660. The molecule has 0 saturated heterocycles. The Morgan fingerprint density at radius 3 is 2.59 bits per heavy atom. The zero-order chi connectivity index (χ0) is 12.8. The molecule has 1 N–H and O–H groups in total. The summed E-state index contributed by atoms with van der Waals surface area (Å²) in [5, 5.41) is 26.2. The molecule has 0 aliphatic heterocycles. The van der Waals surface area contributed by atoms with Gasteiger partial charge in [-0.15, -0.1) is 5.10 Å². The molecule has 0 radical (unpaired) electrons. The summed E-state index contributed by atoms with van der Waals surface area (Å²) in [5.74, 6) is 0.617. The van der Waals surface area contributed by atoms with Crippen molar-refractivity contribution < 1.29 is 5.11 Å². The first-order valence-electron chi connectivity index (χ1n) is 5.75. The van der Waals surface area contributed by atoms with Crippen molar-refractivity contribution in [1.82, 2.24) is 10.2 Å². The first kappa shape index (κ1) is 13.4. The van der Waals surface area contributed by atoms with E-state index in [0.29, 0.717) is 24.3 Å². The van der Waals surface area contributed by atoms with Gasteiger partial charge in [0.1, 0.15) is 11.6 Å². The maximum Gasteiger partial charge on any atom is 0.169 e. The number of nitrogens with zero attached hydrogens (tertiary/aromatic N) is 4. The second kappa shape index (κ2) is 6.16. The van der Waals surface area contributed by atoms with Crippen LogP contribution in [0.25, 0.3) is 0 Å². The average Bonchev–Trinajstić information content (AvgIpc) is 2.34. The van der Waals surface area contributed by atoms with Crippen molar-refractivity contribution in [1.29, 1.82) is 5.26 Å². The van der Waals surface area contributed by atoms with Gasteiger partial charge in [-0.1, -0.05) is 0 Å². The average molecular weight is 234 g/mol. The molecule has 0 aromatic carbocycles. The molecule has 17 heavy (non-hydrogen) atoms. The predicted octanol–water partition coefficient (Wildman–Crippen LogP) is 1.17. The number of anilines is 1. The molecule has 0 fully saturated rings. The van der Waals surface area contributed by atoms with E-state index in [4.69, 9.17) is 5.11 Å². The maximum atomic E-state index is 9.20. The van der Waals surface area contributed by atoms with Crippen LogP contribution in [0, 0.1) is 25.2 Å². The van der Waals surface area contributed by atoms with E-state index in [9.17, 15) is 5.26 Å². The van der Waals surface area contributed by atoms with Gasteiger partial charge in [-0.3, -0.25) is 0 Å². The lowest BCUT2D eigenvalue weighted by Gasteiger charge is -2.22. The second-order valence-electron chi connectivity index (χ2n) is 3.88. The highest BCUT2D eigenvalue weighted by Gasteiger charge is 2.15. The highest BCUT2D eigenvalue weighted by Crippen LogP contribution is 2.21. The molecule has 0 aliphatic rings. The maximum absolute atomic E-state index is 9.20. The Balaban J connectivity index is 3.11. The van der Waals surface area contributed by atoms with Crippen molar-refractivity contribution >= 4 is 5.82 Å². The second-order valence-corrected chi connectivity index (χ2v) is 3.88. The fourth-order valence-corrected chi connectivity index (χ4v) is 1.63. The number of nitriles is 1. The molecule has 1 heterocycles. The van der Waals surface area contributed by atoms with Crippen LogP contribution in [-0.4, -0.2) is 35.0 Å². The lowest BCUT2D eigenvalue weighted by atomic mass is 10.1. The van der Waals surface area contributed by atoms with E-state index < -0.39 is 0 Å². The topological polar surface area (TPSA) is 73.0 Å². The minimum absolute atomic E-state index is 0.136. The van der Waals surface area contributed by atoms with Gasteiger partial charge in [-0.25, -0.2) is 0 Å². The van der Waals surface area contributed by atoms with E-state index in [1.807, 2.05) is 25.7 Å². The van der Waals surface area contributed by atoms with Crippen LogP contribution in [0.15, 0.2) is 0 Å². The smallest absolute Gasteiger partial charge is 0.169 e. The van der Waals surface area contributed by atoms with Crippen molar-refractivity contribution in [2.75, 3.05) is 24.6 Å². The van der Waals surface area contributed by atoms with Gasteiger partial charge in [0.05, 0.1) is 5.69 Å². The molecule has 1 aromatic rings. The van der Waals surface area contributed by atoms with Gasteiger partial charge in [-0.05, 0) is 32.8 Å². The SMILES string of the molecule is CCN(CCCO)c1nnc(C)c(C)c1C#N. The standard InChI is InChI=1S/C12H18N4O/c1-4-16(6-5-7-17)12-11(8-13)9(2)10(3)14-15-12/h17H,4-7H2,1-3H3. The van der Waals surface area contributed by atoms with Gasteiger partial charge in [0, 0.05) is 19.7 Å². The number of aromatic nitrogens is 2. The molecule has 1 rings (SSSR count). The van der Waals surface area contributed by atoms with Crippen molar-refractivity contribution in [2.24, 2.45) is 0 Å². The van der Waals surface area contributed by atoms with Crippen LogP contribution < -0.4 is 4.90 Å². The number of aliphatic hydroxyl groups excluding tert-OH is 1. The first-order valence-corrected chi connectivity index (χ1v) is 5.75. The molecular formula is C12H18N4O. The van der Waals surface area contributed by atoms with Crippen LogP contribution in [0.4, 0.5) is 5.82 Å². The van der Waals surface area contributed by atoms with E-state index in [1.54, 1.807) is 0 Å². The highest BCUT2D eigenvalue weighted by atomic mass is 16.3. The lowest BCUT2D eigenvalue weighted by Crippen LogP contribution is -2.27. The molecule has 0 atom stereocenters. The summed E-state index contributed by atoms with van der Waals surface area (Å²) in [6.45, 7) is 7.28. The third-order valence-electron chi connectivity index (χ3n) is 2.82. The van der Waals surface area contributed by atoms with E-state index in [2.05, 4.69) is 16.3 Å². The van der Waals surface area contributed by atoms with Crippen LogP contribution in [0.3, 0.4) is 0 Å². The fourth-order valence-electron chi connectivity index (χ4n) is 1.63. The summed E-state index contributed by atoms with van der Waals surface area (Å²) < 4.78 is 0. The molecule has 0 amide bonds. The fraction of sp³-hybridized carbons (Fsp3) is 0.583. The van der Waals surface area contributed by atoms with Crippen LogP contribution in [0.1, 0.15) is 30.2 Å². The van der Waals surface area contributed by atoms with E-state index in [0.717, 1.165) is 17.8 Å². The first-order chi connectivity index (χ1) is 8.15. The number of hydrogen-bond donors (Lipinski definition) is 1. The van der Waals surface area contributed by atoms with E-state index in [-0.39, 0.29) is 6.61 Å². The lowest BCUT2D eigenvalue weighted by molar-refractivity contribution is 0.289. The summed E-state index contributed by atoms with van der Waals surface area (Å²) in [5.41, 5.74) is 2.24. The summed E-state index contributed by atoms with van der Waals surface area (Å²) in [6, 6.07) is 2.19. The monoisotopic (exact) mass is 234 g/mol.